The van der Waals surface area contributed by atoms with Gasteiger partial charge in [-0.15, -0.1) is 0 Å². The highest BCUT2D eigenvalue weighted by Gasteiger charge is 2.09. The fraction of sp³-hybridized carbons (Fsp3) is 0.143. The summed E-state index contributed by atoms with van der Waals surface area (Å²) in [5.74, 6) is -1.88. The quantitative estimate of drug-likeness (QED) is 0.723. The molecule has 4 heteroatoms. The molecule has 1 nitrogen and oxygen atoms in total. The monoisotopic (exact) mass is 222 g/mol. The second kappa shape index (κ2) is 3.28. The van der Waals surface area contributed by atoms with Gasteiger partial charge >= 0.3 is 0 Å². The van der Waals surface area contributed by atoms with Crippen molar-refractivity contribution in [1.29, 1.82) is 0 Å². The van der Waals surface area contributed by atoms with Crippen molar-refractivity contribution in [2.24, 2.45) is 0 Å². The summed E-state index contributed by atoms with van der Waals surface area (Å²) in [5.41, 5.74) is 0.337. The molecule has 1 aromatic carbocycles. The van der Waals surface area contributed by atoms with Crippen LogP contribution in [0.15, 0.2) is 16.6 Å². The summed E-state index contributed by atoms with van der Waals surface area (Å²) in [7, 11) is 0. The summed E-state index contributed by atoms with van der Waals surface area (Å²) >= 11 is 2.82. The van der Waals surface area contributed by atoms with E-state index < -0.39 is 11.6 Å². The number of halogens is 3. The van der Waals surface area contributed by atoms with Crippen LogP contribution in [0.5, 0.6) is 0 Å². The molecule has 0 spiro atoms. The van der Waals surface area contributed by atoms with Gasteiger partial charge in [0.05, 0.1) is 11.1 Å². The Hall–Kier alpha value is -0.480. The summed E-state index contributed by atoms with van der Waals surface area (Å²) in [4.78, 5) is 0. The van der Waals surface area contributed by atoms with Crippen LogP contribution in [0.25, 0.3) is 0 Å². The van der Waals surface area contributed by atoms with Crippen molar-refractivity contribution in [3.8, 4) is 0 Å². The lowest BCUT2D eigenvalue weighted by Gasteiger charge is -2.01. The average molecular weight is 223 g/mol. The first-order valence-electron chi connectivity index (χ1n) is 2.90. The Morgan fingerprint density at radius 1 is 1.36 bits per heavy atom. The van der Waals surface area contributed by atoms with Crippen molar-refractivity contribution in [2.75, 3.05) is 0 Å². The normalized spacial score (nSPS) is 10.2. The maximum absolute atomic E-state index is 12.6. The molecule has 1 aromatic rings. The molecular weight excluding hydrogens is 218 g/mol. The van der Waals surface area contributed by atoms with E-state index in [1.54, 1.807) is 0 Å². The number of aliphatic hydroxyl groups is 1. The van der Waals surface area contributed by atoms with Crippen LogP contribution in [-0.2, 0) is 6.61 Å². The van der Waals surface area contributed by atoms with Crippen molar-refractivity contribution in [2.45, 2.75) is 6.61 Å². The Labute approximate surface area is 70.8 Å². The van der Waals surface area contributed by atoms with E-state index >= 15 is 0 Å². The van der Waals surface area contributed by atoms with Gasteiger partial charge in [-0.05, 0) is 27.6 Å². The van der Waals surface area contributed by atoms with Crippen LogP contribution >= 0.6 is 15.9 Å². The van der Waals surface area contributed by atoms with Gasteiger partial charge in [-0.2, -0.15) is 0 Å². The predicted molar refractivity (Wildman–Crippen MR) is 40.0 cm³/mol. The third kappa shape index (κ3) is 1.57. The number of benzene rings is 1. The molecule has 0 heterocycles. The van der Waals surface area contributed by atoms with Gasteiger partial charge in [-0.3, -0.25) is 0 Å². The topological polar surface area (TPSA) is 20.2 Å². The van der Waals surface area contributed by atoms with Crippen molar-refractivity contribution in [3.63, 3.8) is 0 Å². The fourth-order valence-electron chi connectivity index (χ4n) is 0.688. The molecule has 0 saturated carbocycles. The van der Waals surface area contributed by atoms with E-state index in [2.05, 4.69) is 15.9 Å². The lowest BCUT2D eigenvalue weighted by molar-refractivity contribution is 0.280. The van der Waals surface area contributed by atoms with Crippen LogP contribution in [-0.4, -0.2) is 5.11 Å². The molecule has 0 atom stereocenters. The zero-order valence-corrected chi connectivity index (χ0v) is 7.03. The molecule has 1 rings (SSSR count). The van der Waals surface area contributed by atoms with E-state index in [0.717, 1.165) is 6.07 Å². The average Bonchev–Trinajstić information content (AvgIpc) is 2.01. The zero-order valence-electron chi connectivity index (χ0n) is 5.44. The maximum Gasteiger partial charge on any atom is 0.173 e. The lowest BCUT2D eigenvalue weighted by atomic mass is 10.2. The molecule has 60 valence electrons. The van der Waals surface area contributed by atoms with Crippen molar-refractivity contribution in [3.05, 3.63) is 33.8 Å². The van der Waals surface area contributed by atoms with Crippen LogP contribution in [0.3, 0.4) is 0 Å². The molecule has 0 aliphatic heterocycles. The second-order valence-corrected chi connectivity index (χ2v) is 2.79. The molecular formula is C7H5BrF2O. The Kier molecular flexibility index (Phi) is 2.57. The molecule has 0 aliphatic rings. The number of hydrogen-bond donors (Lipinski definition) is 1. The van der Waals surface area contributed by atoms with E-state index in [-0.39, 0.29) is 11.1 Å². The van der Waals surface area contributed by atoms with Crippen molar-refractivity contribution < 1.29 is 13.9 Å². The molecule has 0 saturated heterocycles. The second-order valence-electron chi connectivity index (χ2n) is 1.99. The van der Waals surface area contributed by atoms with Crippen LogP contribution in [0.4, 0.5) is 8.78 Å². The van der Waals surface area contributed by atoms with E-state index in [0.29, 0.717) is 5.56 Å². The van der Waals surface area contributed by atoms with E-state index in [4.69, 9.17) is 5.11 Å². The Bertz CT molecular complexity index is 275. The highest BCUT2D eigenvalue weighted by molar-refractivity contribution is 9.10. The number of aliphatic hydroxyl groups excluding tert-OH is 1. The summed E-state index contributed by atoms with van der Waals surface area (Å²) in [5, 5.41) is 8.61. The standard InChI is InChI=1S/C7H5BrF2O/c8-6-4(3-11)1-2-5(9)7(6)10/h1-2,11H,3H2. The fourth-order valence-corrected chi connectivity index (χ4v) is 1.13. The van der Waals surface area contributed by atoms with Gasteiger partial charge in [0.15, 0.2) is 11.6 Å². The van der Waals surface area contributed by atoms with E-state index in [1.165, 1.54) is 6.07 Å². The molecule has 11 heavy (non-hydrogen) atoms. The SMILES string of the molecule is OCc1ccc(F)c(F)c1Br. The molecule has 0 radical (unpaired) electrons. The minimum atomic E-state index is -0.962. The van der Waals surface area contributed by atoms with Crippen LogP contribution < -0.4 is 0 Å². The minimum Gasteiger partial charge on any atom is -0.392 e. The summed E-state index contributed by atoms with van der Waals surface area (Å²) in [6.07, 6.45) is 0. The van der Waals surface area contributed by atoms with Gasteiger partial charge in [0.2, 0.25) is 0 Å². The minimum absolute atomic E-state index is 0.0139. The summed E-state index contributed by atoms with van der Waals surface area (Å²) in [6, 6.07) is 2.30. The van der Waals surface area contributed by atoms with Gasteiger partial charge in [-0.1, -0.05) is 6.07 Å². The molecule has 0 fully saturated rings. The lowest BCUT2D eigenvalue weighted by Crippen LogP contribution is -1.92. The molecule has 0 bridgehead atoms. The molecule has 0 aromatic heterocycles. The van der Waals surface area contributed by atoms with Crippen molar-refractivity contribution >= 4 is 15.9 Å². The van der Waals surface area contributed by atoms with E-state index in [1.807, 2.05) is 0 Å². The van der Waals surface area contributed by atoms with Gasteiger partial charge < -0.3 is 5.11 Å². The first-order chi connectivity index (χ1) is 5.16. The Balaban J connectivity index is 3.25. The van der Waals surface area contributed by atoms with Crippen molar-refractivity contribution in [1.82, 2.24) is 0 Å². The molecule has 0 unspecified atom stereocenters. The maximum atomic E-state index is 12.6. The van der Waals surface area contributed by atoms with Gasteiger partial charge in [-0.25, -0.2) is 8.78 Å². The van der Waals surface area contributed by atoms with E-state index in [9.17, 15) is 8.78 Å². The first kappa shape index (κ1) is 8.62. The summed E-state index contributed by atoms with van der Waals surface area (Å²) < 4.78 is 25.0. The third-order valence-electron chi connectivity index (χ3n) is 1.29. The highest BCUT2D eigenvalue weighted by Crippen LogP contribution is 2.22. The Morgan fingerprint density at radius 2 is 2.00 bits per heavy atom. The Morgan fingerprint density at radius 3 is 2.55 bits per heavy atom. The number of rotatable bonds is 1. The van der Waals surface area contributed by atoms with Crippen LogP contribution in [0, 0.1) is 11.6 Å². The van der Waals surface area contributed by atoms with Crippen LogP contribution in [0.1, 0.15) is 5.56 Å². The first-order valence-corrected chi connectivity index (χ1v) is 3.69. The molecule has 1 N–H and O–H groups in total. The van der Waals surface area contributed by atoms with Gasteiger partial charge in [0.25, 0.3) is 0 Å². The highest BCUT2D eigenvalue weighted by atomic mass is 79.9. The third-order valence-corrected chi connectivity index (χ3v) is 2.14. The van der Waals surface area contributed by atoms with Crippen LogP contribution in [0.2, 0.25) is 0 Å². The largest absolute Gasteiger partial charge is 0.392 e. The van der Waals surface area contributed by atoms with Gasteiger partial charge in [0.1, 0.15) is 0 Å². The zero-order chi connectivity index (χ0) is 8.43. The number of hydrogen-bond acceptors (Lipinski definition) is 1. The predicted octanol–water partition coefficient (Wildman–Crippen LogP) is 2.22. The smallest absolute Gasteiger partial charge is 0.173 e. The van der Waals surface area contributed by atoms with Gasteiger partial charge in [0, 0.05) is 0 Å². The molecule has 0 amide bonds. The summed E-state index contributed by atoms with van der Waals surface area (Å²) in [6.45, 7) is -0.308. The molecule has 0 aliphatic carbocycles.